The van der Waals surface area contributed by atoms with Crippen molar-refractivity contribution >= 4 is 11.9 Å². The zero-order valence-electron chi connectivity index (χ0n) is 13.0. The third kappa shape index (κ3) is 4.26. The van der Waals surface area contributed by atoms with Gasteiger partial charge in [-0.05, 0) is 18.2 Å². The summed E-state index contributed by atoms with van der Waals surface area (Å²) in [5, 5.41) is 11.4. The third-order valence-electron chi connectivity index (χ3n) is 3.96. The van der Waals surface area contributed by atoms with Gasteiger partial charge in [-0.2, -0.15) is 26.3 Å². The standard InChI is InChI=1S/C15H13F6NO4/c16-14(17,18)9-5-8(6-10(7-9)15(19,20)21)11(23)22-13(12(24)25)1-3-26-4-2-13/h5-7H,1-4H2,(H,22,23)(H,24,25). The van der Waals surface area contributed by atoms with Crippen molar-refractivity contribution in [3.63, 3.8) is 0 Å². The molecule has 2 N–H and O–H groups in total. The third-order valence-corrected chi connectivity index (χ3v) is 3.96. The first-order valence-corrected chi connectivity index (χ1v) is 7.28. The van der Waals surface area contributed by atoms with Gasteiger partial charge in [0.25, 0.3) is 5.91 Å². The number of carbonyl (C=O) groups excluding carboxylic acids is 1. The molecule has 2 rings (SSSR count). The fraction of sp³-hybridized carbons (Fsp3) is 0.467. The van der Waals surface area contributed by atoms with Crippen LogP contribution in [0.15, 0.2) is 18.2 Å². The van der Waals surface area contributed by atoms with E-state index in [1.165, 1.54) is 0 Å². The van der Waals surface area contributed by atoms with Gasteiger partial charge in [0.2, 0.25) is 0 Å². The van der Waals surface area contributed by atoms with E-state index in [-0.39, 0.29) is 44.3 Å². The van der Waals surface area contributed by atoms with E-state index >= 15 is 0 Å². The molecule has 1 amide bonds. The lowest BCUT2D eigenvalue weighted by Crippen LogP contribution is -2.57. The number of carboxylic acid groups (broad SMARTS) is 1. The van der Waals surface area contributed by atoms with Crippen molar-refractivity contribution in [1.29, 1.82) is 0 Å². The number of carbonyl (C=O) groups is 2. The van der Waals surface area contributed by atoms with Crippen molar-refractivity contribution in [3.05, 3.63) is 34.9 Å². The Morgan fingerprint density at radius 3 is 1.81 bits per heavy atom. The van der Waals surface area contributed by atoms with Crippen LogP contribution in [0.5, 0.6) is 0 Å². The molecule has 0 atom stereocenters. The van der Waals surface area contributed by atoms with Crippen LogP contribution in [0.25, 0.3) is 0 Å². The molecule has 0 saturated carbocycles. The smallest absolute Gasteiger partial charge is 0.416 e. The lowest BCUT2D eigenvalue weighted by atomic mass is 9.89. The van der Waals surface area contributed by atoms with Gasteiger partial charge in [-0.3, -0.25) is 4.79 Å². The number of halogens is 6. The Hall–Kier alpha value is -2.30. The van der Waals surface area contributed by atoms with Crippen LogP contribution in [0, 0.1) is 0 Å². The topological polar surface area (TPSA) is 75.6 Å². The molecule has 1 aliphatic rings. The van der Waals surface area contributed by atoms with Crippen LogP contribution in [0.3, 0.4) is 0 Å². The van der Waals surface area contributed by atoms with E-state index in [1.807, 2.05) is 0 Å². The summed E-state index contributed by atoms with van der Waals surface area (Å²) < 4.78 is 82.1. The minimum Gasteiger partial charge on any atom is -0.480 e. The lowest BCUT2D eigenvalue weighted by Gasteiger charge is -2.34. The zero-order valence-corrected chi connectivity index (χ0v) is 13.0. The van der Waals surface area contributed by atoms with E-state index in [0.29, 0.717) is 0 Å². The highest BCUT2D eigenvalue weighted by atomic mass is 19.4. The number of nitrogens with one attached hydrogen (secondary N) is 1. The average Bonchev–Trinajstić information content (AvgIpc) is 2.53. The summed E-state index contributed by atoms with van der Waals surface area (Å²) in [7, 11) is 0. The van der Waals surface area contributed by atoms with Gasteiger partial charge < -0.3 is 15.2 Å². The maximum atomic E-state index is 12.9. The second-order valence-electron chi connectivity index (χ2n) is 5.75. The molecule has 0 unspecified atom stereocenters. The van der Waals surface area contributed by atoms with Crippen LogP contribution < -0.4 is 5.32 Å². The van der Waals surface area contributed by atoms with E-state index in [2.05, 4.69) is 5.32 Å². The minimum atomic E-state index is -5.11. The van der Waals surface area contributed by atoms with E-state index in [1.54, 1.807) is 0 Å². The average molecular weight is 385 g/mol. The number of amides is 1. The first-order valence-electron chi connectivity index (χ1n) is 7.28. The first kappa shape index (κ1) is 20.0. The highest BCUT2D eigenvalue weighted by Crippen LogP contribution is 2.36. The van der Waals surface area contributed by atoms with E-state index in [0.717, 1.165) is 0 Å². The molecule has 0 bridgehead atoms. The predicted octanol–water partition coefficient (Wildman–Crippen LogP) is 3.09. The lowest BCUT2D eigenvalue weighted by molar-refractivity contribution is -0.148. The van der Waals surface area contributed by atoms with Crippen LogP contribution in [0.4, 0.5) is 26.3 Å². The largest absolute Gasteiger partial charge is 0.480 e. The molecule has 11 heteroatoms. The van der Waals surface area contributed by atoms with Gasteiger partial charge in [-0.1, -0.05) is 0 Å². The Kier molecular flexibility index (Phi) is 5.22. The van der Waals surface area contributed by atoms with Gasteiger partial charge in [-0.25, -0.2) is 4.79 Å². The van der Waals surface area contributed by atoms with Crippen molar-refractivity contribution in [2.75, 3.05) is 13.2 Å². The van der Waals surface area contributed by atoms with Gasteiger partial charge in [0, 0.05) is 31.6 Å². The molecule has 1 aromatic rings. The highest BCUT2D eigenvalue weighted by Gasteiger charge is 2.43. The van der Waals surface area contributed by atoms with Crippen molar-refractivity contribution in [1.82, 2.24) is 5.32 Å². The van der Waals surface area contributed by atoms with Gasteiger partial charge in [0.05, 0.1) is 11.1 Å². The fourth-order valence-electron chi connectivity index (χ4n) is 2.49. The van der Waals surface area contributed by atoms with E-state index < -0.39 is 46.5 Å². The van der Waals surface area contributed by atoms with Gasteiger partial charge in [-0.15, -0.1) is 0 Å². The summed E-state index contributed by atoms with van der Waals surface area (Å²) in [6.07, 6.45) is -10.6. The number of hydrogen-bond acceptors (Lipinski definition) is 3. The molecule has 0 aromatic heterocycles. The summed E-state index contributed by atoms with van der Waals surface area (Å²) in [5.41, 5.74) is -6.07. The normalized spacial score (nSPS) is 17.6. The molecular formula is C15H13F6NO4. The monoisotopic (exact) mass is 385 g/mol. The number of aliphatic carboxylic acids is 1. The maximum Gasteiger partial charge on any atom is 0.416 e. The summed E-state index contributed by atoms with van der Waals surface area (Å²) in [4.78, 5) is 23.7. The van der Waals surface area contributed by atoms with Crippen LogP contribution in [-0.2, 0) is 21.9 Å². The van der Waals surface area contributed by atoms with Gasteiger partial charge in [0.1, 0.15) is 5.54 Å². The molecule has 0 aliphatic carbocycles. The van der Waals surface area contributed by atoms with Crippen molar-refractivity contribution in [2.24, 2.45) is 0 Å². The van der Waals surface area contributed by atoms with E-state index in [9.17, 15) is 41.0 Å². The molecule has 144 valence electrons. The van der Waals surface area contributed by atoms with Crippen LogP contribution in [-0.4, -0.2) is 35.7 Å². The molecule has 0 radical (unpaired) electrons. The highest BCUT2D eigenvalue weighted by molar-refractivity contribution is 5.98. The van der Waals surface area contributed by atoms with Crippen LogP contribution in [0.1, 0.15) is 34.3 Å². The number of carboxylic acids is 1. The number of hydrogen-bond donors (Lipinski definition) is 2. The maximum absolute atomic E-state index is 12.9. The molecule has 0 spiro atoms. The first-order chi connectivity index (χ1) is 11.8. The quantitative estimate of drug-likeness (QED) is 0.785. The summed E-state index contributed by atoms with van der Waals surface area (Å²) in [6, 6.07) is 0.386. The Morgan fingerprint density at radius 2 is 1.42 bits per heavy atom. The summed E-state index contributed by atoms with van der Waals surface area (Å²) >= 11 is 0. The molecule has 1 heterocycles. The minimum absolute atomic E-state index is 0.0248. The van der Waals surface area contributed by atoms with Crippen molar-refractivity contribution in [2.45, 2.75) is 30.7 Å². The zero-order chi connectivity index (χ0) is 19.8. The number of rotatable bonds is 3. The second-order valence-corrected chi connectivity index (χ2v) is 5.75. The number of ether oxygens (including phenoxy) is 1. The molecule has 1 aliphatic heterocycles. The number of benzene rings is 1. The summed E-state index contributed by atoms with van der Waals surface area (Å²) in [6.45, 7) is -0.0497. The molecule has 1 fully saturated rings. The second kappa shape index (κ2) is 6.78. The van der Waals surface area contributed by atoms with Crippen LogP contribution >= 0.6 is 0 Å². The Bertz CT molecular complexity index is 675. The van der Waals surface area contributed by atoms with E-state index in [4.69, 9.17) is 4.74 Å². The van der Waals surface area contributed by atoms with Gasteiger partial charge >= 0.3 is 18.3 Å². The Morgan fingerprint density at radius 1 is 0.962 bits per heavy atom. The Labute approximate surface area is 142 Å². The molecule has 1 saturated heterocycles. The fourth-order valence-corrected chi connectivity index (χ4v) is 2.49. The predicted molar refractivity (Wildman–Crippen MR) is 74.3 cm³/mol. The number of alkyl halides is 6. The summed E-state index contributed by atoms with van der Waals surface area (Å²) in [5.74, 6) is -2.79. The van der Waals surface area contributed by atoms with Crippen molar-refractivity contribution in [3.8, 4) is 0 Å². The van der Waals surface area contributed by atoms with Crippen LogP contribution in [0.2, 0.25) is 0 Å². The van der Waals surface area contributed by atoms with Crippen molar-refractivity contribution < 1.29 is 45.8 Å². The van der Waals surface area contributed by atoms with Gasteiger partial charge in [0.15, 0.2) is 0 Å². The molecule has 26 heavy (non-hydrogen) atoms. The SMILES string of the molecule is O=C(NC1(C(=O)O)CCOCC1)c1cc(C(F)(F)F)cc(C(F)(F)F)c1. The Balaban J connectivity index is 2.43. The molecule has 1 aromatic carbocycles. The molecule has 5 nitrogen and oxygen atoms in total. The molecular weight excluding hydrogens is 372 g/mol.